The van der Waals surface area contributed by atoms with Gasteiger partial charge in [0.15, 0.2) is 11.5 Å². The molecule has 0 unspecified atom stereocenters. The van der Waals surface area contributed by atoms with Gasteiger partial charge < -0.3 is 29.3 Å². The van der Waals surface area contributed by atoms with Crippen LogP contribution in [0.25, 0.3) is 0 Å². The van der Waals surface area contributed by atoms with Gasteiger partial charge in [-0.15, -0.1) is 0 Å². The van der Waals surface area contributed by atoms with Crippen LogP contribution in [-0.4, -0.2) is 74.8 Å². The number of carbonyl (C=O) groups excluding carboxylic acids is 2. The Hall–Kier alpha value is -2.64. The number of nitrogens with zero attached hydrogens (tertiary/aromatic N) is 2. The summed E-state index contributed by atoms with van der Waals surface area (Å²) >= 11 is 0. The monoisotopic (exact) mass is 391 g/mol. The van der Waals surface area contributed by atoms with Gasteiger partial charge in [-0.1, -0.05) is 6.07 Å². The normalized spacial score (nSPS) is 22.2. The highest BCUT2D eigenvalue weighted by molar-refractivity contribution is 5.85. The van der Waals surface area contributed by atoms with Crippen LogP contribution in [0.15, 0.2) is 18.2 Å². The van der Waals surface area contributed by atoms with Crippen molar-refractivity contribution in [2.24, 2.45) is 0 Å². The van der Waals surface area contributed by atoms with E-state index in [-0.39, 0.29) is 30.6 Å². The van der Waals surface area contributed by atoms with Gasteiger partial charge in [-0.2, -0.15) is 0 Å². The average molecular weight is 391 g/mol. The Morgan fingerprint density at radius 1 is 1.11 bits per heavy atom. The second kappa shape index (κ2) is 9.03. The zero-order valence-corrected chi connectivity index (χ0v) is 16.8. The van der Waals surface area contributed by atoms with E-state index in [2.05, 4.69) is 5.32 Å². The summed E-state index contributed by atoms with van der Waals surface area (Å²) in [5, 5.41) is 3.05. The van der Waals surface area contributed by atoms with E-state index in [9.17, 15) is 9.59 Å². The van der Waals surface area contributed by atoms with Crippen LogP contribution < -0.4 is 19.5 Å². The second-order valence-corrected chi connectivity index (χ2v) is 7.28. The lowest BCUT2D eigenvalue weighted by atomic mass is 9.93. The van der Waals surface area contributed by atoms with Crippen LogP contribution in [0.3, 0.4) is 0 Å². The third kappa shape index (κ3) is 4.61. The van der Waals surface area contributed by atoms with Gasteiger partial charge in [0.05, 0.1) is 20.3 Å². The first kappa shape index (κ1) is 20.1. The molecular weight excluding hydrogens is 362 g/mol. The maximum Gasteiger partial charge on any atom is 0.320 e. The first-order valence-corrected chi connectivity index (χ1v) is 9.69. The second-order valence-electron chi connectivity index (χ2n) is 7.28. The van der Waals surface area contributed by atoms with E-state index in [4.69, 9.17) is 14.2 Å². The van der Waals surface area contributed by atoms with Gasteiger partial charge in [0.1, 0.15) is 6.54 Å². The molecule has 1 heterocycles. The summed E-state index contributed by atoms with van der Waals surface area (Å²) in [5.41, 5.74) is 0. The zero-order valence-electron chi connectivity index (χ0n) is 16.8. The molecule has 2 fully saturated rings. The fraction of sp³-hybridized carbons (Fsp3) is 0.600. The number of rotatable bonds is 7. The van der Waals surface area contributed by atoms with Gasteiger partial charge in [-0.3, -0.25) is 4.79 Å². The van der Waals surface area contributed by atoms with Crippen molar-refractivity contribution in [3.05, 3.63) is 18.2 Å². The Balaban J connectivity index is 1.46. The molecule has 8 nitrogen and oxygen atoms in total. The maximum absolute atomic E-state index is 12.3. The molecule has 1 aliphatic carbocycles. The van der Waals surface area contributed by atoms with E-state index in [0.717, 1.165) is 25.7 Å². The standard InChI is InChI=1S/C20H29N3O5/c1-22-11-12-23(20(22)25)13-18(24)21-14-7-9-15(10-8-14)28-17-6-4-5-16(26-2)19(17)27-3/h4-6,14-15H,7-13H2,1-3H3,(H,21,24). The van der Waals surface area contributed by atoms with E-state index in [1.165, 1.54) is 0 Å². The number of hydrogen-bond donors (Lipinski definition) is 1. The molecule has 1 aliphatic heterocycles. The summed E-state index contributed by atoms with van der Waals surface area (Å²) in [6.07, 6.45) is 3.45. The van der Waals surface area contributed by atoms with Crippen molar-refractivity contribution in [2.45, 2.75) is 37.8 Å². The minimum atomic E-state index is -0.0949. The first-order valence-electron chi connectivity index (χ1n) is 9.69. The molecule has 0 spiro atoms. The molecule has 0 bridgehead atoms. The Labute approximate surface area is 165 Å². The predicted molar refractivity (Wildman–Crippen MR) is 104 cm³/mol. The molecular formula is C20H29N3O5. The molecule has 1 saturated heterocycles. The van der Waals surface area contributed by atoms with Crippen LogP contribution in [-0.2, 0) is 4.79 Å². The van der Waals surface area contributed by atoms with Crippen molar-refractivity contribution in [2.75, 3.05) is 40.9 Å². The lowest BCUT2D eigenvalue weighted by Gasteiger charge is -2.30. The van der Waals surface area contributed by atoms with Crippen LogP contribution in [0.1, 0.15) is 25.7 Å². The summed E-state index contributed by atoms with van der Waals surface area (Å²) < 4.78 is 16.9. The van der Waals surface area contributed by atoms with Crippen molar-refractivity contribution >= 4 is 11.9 Å². The molecule has 3 rings (SSSR count). The van der Waals surface area contributed by atoms with E-state index in [1.807, 2.05) is 18.2 Å². The van der Waals surface area contributed by atoms with Crippen LogP contribution in [0.4, 0.5) is 4.79 Å². The average Bonchev–Trinajstić information content (AvgIpc) is 3.01. The SMILES string of the molecule is COc1cccc(OC2CCC(NC(=O)CN3CCN(C)C3=O)CC2)c1OC. The smallest absolute Gasteiger partial charge is 0.320 e. The number of methoxy groups -OCH3 is 2. The van der Waals surface area contributed by atoms with Crippen molar-refractivity contribution in [3.63, 3.8) is 0 Å². The largest absolute Gasteiger partial charge is 0.493 e. The third-order valence-electron chi connectivity index (χ3n) is 5.34. The van der Waals surface area contributed by atoms with Gasteiger partial charge >= 0.3 is 6.03 Å². The number of ether oxygens (including phenoxy) is 3. The first-order chi connectivity index (χ1) is 13.5. The fourth-order valence-corrected chi connectivity index (χ4v) is 3.75. The molecule has 1 aromatic carbocycles. The topological polar surface area (TPSA) is 80.3 Å². The molecule has 0 radical (unpaired) electrons. The highest BCUT2D eigenvalue weighted by Crippen LogP contribution is 2.38. The molecule has 28 heavy (non-hydrogen) atoms. The lowest BCUT2D eigenvalue weighted by Crippen LogP contribution is -2.45. The number of benzene rings is 1. The highest BCUT2D eigenvalue weighted by Gasteiger charge is 2.29. The molecule has 3 amide bonds. The van der Waals surface area contributed by atoms with Gasteiger partial charge in [0, 0.05) is 26.2 Å². The van der Waals surface area contributed by atoms with Crippen LogP contribution in [0.5, 0.6) is 17.2 Å². The third-order valence-corrected chi connectivity index (χ3v) is 5.34. The number of nitrogens with one attached hydrogen (secondary N) is 1. The molecule has 0 aromatic heterocycles. The molecule has 2 aliphatic rings. The maximum atomic E-state index is 12.3. The van der Waals surface area contributed by atoms with Crippen molar-refractivity contribution in [1.82, 2.24) is 15.1 Å². The number of carbonyl (C=O) groups is 2. The summed E-state index contributed by atoms with van der Waals surface area (Å²) in [6.45, 7) is 1.40. The minimum Gasteiger partial charge on any atom is -0.493 e. The Kier molecular flexibility index (Phi) is 6.49. The summed E-state index contributed by atoms with van der Waals surface area (Å²) in [6, 6.07) is 5.62. The van der Waals surface area contributed by atoms with Gasteiger partial charge in [-0.05, 0) is 37.8 Å². The quantitative estimate of drug-likeness (QED) is 0.768. The van der Waals surface area contributed by atoms with Crippen LogP contribution in [0.2, 0.25) is 0 Å². The van der Waals surface area contributed by atoms with Crippen molar-refractivity contribution in [1.29, 1.82) is 0 Å². The van der Waals surface area contributed by atoms with Gasteiger partial charge in [0.2, 0.25) is 11.7 Å². The number of para-hydroxylation sites is 1. The molecule has 1 N–H and O–H groups in total. The molecule has 0 atom stereocenters. The highest BCUT2D eigenvalue weighted by atomic mass is 16.5. The Morgan fingerprint density at radius 3 is 2.43 bits per heavy atom. The van der Waals surface area contributed by atoms with E-state index < -0.39 is 0 Å². The molecule has 154 valence electrons. The fourth-order valence-electron chi connectivity index (χ4n) is 3.75. The number of urea groups is 1. The van der Waals surface area contributed by atoms with Crippen molar-refractivity contribution in [3.8, 4) is 17.2 Å². The van der Waals surface area contributed by atoms with Crippen LogP contribution >= 0.6 is 0 Å². The Morgan fingerprint density at radius 2 is 1.82 bits per heavy atom. The molecule has 8 heteroatoms. The Bertz CT molecular complexity index is 703. The van der Waals surface area contributed by atoms with E-state index in [1.54, 1.807) is 31.1 Å². The van der Waals surface area contributed by atoms with E-state index in [0.29, 0.717) is 30.3 Å². The number of amides is 3. The zero-order chi connectivity index (χ0) is 20.1. The van der Waals surface area contributed by atoms with Crippen molar-refractivity contribution < 1.29 is 23.8 Å². The predicted octanol–water partition coefficient (Wildman–Crippen LogP) is 1.88. The van der Waals surface area contributed by atoms with E-state index >= 15 is 0 Å². The molecule has 1 aromatic rings. The summed E-state index contributed by atoms with van der Waals surface area (Å²) in [7, 11) is 4.95. The lowest BCUT2D eigenvalue weighted by molar-refractivity contribution is -0.122. The number of hydrogen-bond acceptors (Lipinski definition) is 5. The minimum absolute atomic E-state index is 0.0722. The van der Waals surface area contributed by atoms with Crippen LogP contribution in [0, 0.1) is 0 Å². The summed E-state index contributed by atoms with van der Waals surface area (Å²) in [4.78, 5) is 27.4. The number of likely N-dealkylation sites (N-methyl/N-ethyl adjacent to an activating group) is 1. The van der Waals surface area contributed by atoms with Gasteiger partial charge in [-0.25, -0.2) is 4.79 Å². The van der Waals surface area contributed by atoms with Gasteiger partial charge in [0.25, 0.3) is 0 Å². The molecule has 1 saturated carbocycles. The summed E-state index contributed by atoms with van der Waals surface area (Å²) in [5.74, 6) is 1.82.